The van der Waals surface area contributed by atoms with Crippen LogP contribution in [0.1, 0.15) is 386 Å². The van der Waals surface area contributed by atoms with Crippen LogP contribution in [-0.4, -0.2) is 193 Å². The molecule has 0 saturated carbocycles. The lowest BCUT2D eigenvalue weighted by Gasteiger charge is -2.48. The van der Waals surface area contributed by atoms with Gasteiger partial charge in [-0.3, -0.25) is 4.79 Å². The predicted octanol–water partition coefficient (Wildman–Crippen LogP) is 16.6. The van der Waals surface area contributed by atoms with E-state index in [1.54, 1.807) is 6.08 Å². The summed E-state index contributed by atoms with van der Waals surface area (Å²) in [4.78, 5) is 13.5. The van der Waals surface area contributed by atoms with E-state index in [1.165, 1.54) is 308 Å². The second kappa shape index (κ2) is 68.4. The zero-order valence-electron chi connectivity index (χ0n) is 67.9. The number of hydrogen-bond acceptors (Lipinski definition) is 18. The van der Waals surface area contributed by atoms with Crippen molar-refractivity contribution in [2.45, 2.75) is 491 Å². The summed E-state index contributed by atoms with van der Waals surface area (Å²) in [5.74, 6) is -0.267. The Bertz CT molecular complexity index is 2070. The minimum Gasteiger partial charge on any atom is -0.394 e. The predicted molar refractivity (Wildman–Crippen MR) is 429 cm³/mol. The van der Waals surface area contributed by atoms with Crippen LogP contribution in [0.2, 0.25) is 0 Å². The van der Waals surface area contributed by atoms with Gasteiger partial charge in [0.15, 0.2) is 18.9 Å². The molecule has 3 aliphatic heterocycles. The van der Waals surface area contributed by atoms with Crippen LogP contribution in [-0.2, 0) is 33.2 Å². The third kappa shape index (κ3) is 47.5. The molecule has 107 heavy (non-hydrogen) atoms. The van der Waals surface area contributed by atoms with E-state index in [2.05, 4.69) is 43.5 Å². The zero-order valence-corrected chi connectivity index (χ0v) is 67.9. The van der Waals surface area contributed by atoms with Crippen molar-refractivity contribution >= 4 is 5.91 Å². The van der Waals surface area contributed by atoms with Gasteiger partial charge < -0.3 is 89.9 Å². The van der Waals surface area contributed by atoms with Crippen LogP contribution in [0.25, 0.3) is 0 Å². The summed E-state index contributed by atoms with van der Waals surface area (Å²) < 4.78 is 34.5. The highest BCUT2D eigenvalue weighted by Gasteiger charge is 2.54. The van der Waals surface area contributed by atoms with Crippen molar-refractivity contribution < 1.29 is 89.4 Å². The Morgan fingerprint density at radius 3 is 0.953 bits per heavy atom. The first-order valence-electron chi connectivity index (χ1n) is 44.7. The first-order valence-corrected chi connectivity index (χ1v) is 44.7. The fourth-order valence-electron chi connectivity index (χ4n) is 15.3. The number of carbonyl (C=O) groups excluding carboxylic acids is 1. The third-order valence-electron chi connectivity index (χ3n) is 22.4. The summed E-state index contributed by atoms with van der Waals surface area (Å²) >= 11 is 0. The molecule has 3 heterocycles. The lowest BCUT2D eigenvalue weighted by Crippen LogP contribution is -2.66. The topological polar surface area (TPSA) is 307 Å². The molecule has 17 unspecified atom stereocenters. The number of nitrogens with one attached hydrogen (secondary N) is 1. The Kier molecular flexibility index (Phi) is 63.4. The van der Waals surface area contributed by atoms with Crippen molar-refractivity contribution in [1.82, 2.24) is 5.32 Å². The monoisotopic (exact) mass is 1520 g/mol. The van der Waals surface area contributed by atoms with Crippen molar-refractivity contribution in [3.8, 4) is 0 Å². The fraction of sp³-hybridized carbons (Fsp3) is 0.920. The van der Waals surface area contributed by atoms with Gasteiger partial charge in [0.05, 0.1) is 38.6 Å². The molecule has 3 fully saturated rings. The molecule has 12 N–H and O–H groups in total. The van der Waals surface area contributed by atoms with Crippen LogP contribution >= 0.6 is 0 Å². The minimum atomic E-state index is -1.98. The number of hydrogen-bond donors (Lipinski definition) is 12. The molecule has 0 radical (unpaired) electrons. The van der Waals surface area contributed by atoms with Crippen LogP contribution in [0.15, 0.2) is 36.5 Å². The van der Waals surface area contributed by atoms with Crippen LogP contribution in [0, 0.1) is 0 Å². The van der Waals surface area contributed by atoms with Crippen LogP contribution < -0.4 is 5.32 Å². The van der Waals surface area contributed by atoms with Gasteiger partial charge in [-0.15, -0.1) is 0 Å². The molecule has 17 atom stereocenters. The zero-order chi connectivity index (χ0) is 77.4. The van der Waals surface area contributed by atoms with Crippen molar-refractivity contribution in [1.29, 1.82) is 0 Å². The smallest absolute Gasteiger partial charge is 0.220 e. The normalized spacial score (nSPS) is 25.6. The van der Waals surface area contributed by atoms with E-state index >= 15 is 0 Å². The summed E-state index contributed by atoms with van der Waals surface area (Å²) in [6.07, 6.45) is 60.1. The fourth-order valence-corrected chi connectivity index (χ4v) is 15.3. The van der Waals surface area contributed by atoms with E-state index in [-0.39, 0.29) is 18.9 Å². The Balaban J connectivity index is 1.32. The van der Waals surface area contributed by atoms with Crippen molar-refractivity contribution in [3.63, 3.8) is 0 Å². The number of carbonyl (C=O) groups is 1. The number of aliphatic hydroxyl groups excluding tert-OH is 11. The maximum Gasteiger partial charge on any atom is 0.220 e. The molecule has 19 heteroatoms. The Hall–Kier alpha value is -1.99. The summed E-state index contributed by atoms with van der Waals surface area (Å²) in [7, 11) is 0. The van der Waals surface area contributed by atoms with Crippen molar-refractivity contribution in [2.75, 3.05) is 26.4 Å². The van der Waals surface area contributed by atoms with Gasteiger partial charge in [-0.05, 0) is 51.4 Å². The number of ether oxygens (including phenoxy) is 6. The number of allylic oxidation sites excluding steroid dienone is 5. The highest BCUT2D eigenvalue weighted by atomic mass is 16.8. The highest BCUT2D eigenvalue weighted by molar-refractivity contribution is 5.76. The average Bonchev–Trinajstić information content (AvgIpc) is 0.781. The van der Waals surface area contributed by atoms with Gasteiger partial charge >= 0.3 is 0 Å². The Morgan fingerprint density at radius 1 is 0.336 bits per heavy atom. The van der Waals surface area contributed by atoms with Crippen LogP contribution in [0.3, 0.4) is 0 Å². The molecule has 0 spiro atoms. The molecule has 0 aromatic heterocycles. The standard InChI is InChI=1S/C88H165NO18/c1-3-5-7-9-11-13-15-17-19-21-23-25-27-29-31-32-33-34-35-36-37-38-40-42-44-46-48-50-52-54-56-58-60-62-64-66-76(94)89-71(72(93)65-63-61-59-57-55-53-51-49-47-45-43-41-39-30-28-26-24-22-20-18-16-14-12-10-8-6-4-2)70-102-86-82(100)79(97)84(74(68-91)104-86)107-88-83(101)80(98)85(75(69-92)105-88)106-87-81(99)78(96)77(95)73(67-90)103-87/h15,17,21,23,63,65,71-75,77-88,90-93,95-101H,3-14,16,18-20,22,24-62,64,66-70H2,1-2H3,(H,89,94)/b17-15-,23-21-,65-63+. The molecule has 3 aliphatic rings. The van der Waals surface area contributed by atoms with Crippen LogP contribution in [0.4, 0.5) is 0 Å². The number of rotatable bonds is 73. The lowest BCUT2D eigenvalue weighted by molar-refractivity contribution is -0.379. The van der Waals surface area contributed by atoms with Gasteiger partial charge in [0.25, 0.3) is 0 Å². The van der Waals surface area contributed by atoms with E-state index < -0.39 is 124 Å². The molecule has 0 aromatic rings. The van der Waals surface area contributed by atoms with E-state index in [4.69, 9.17) is 28.4 Å². The molecule has 3 saturated heterocycles. The van der Waals surface area contributed by atoms with Gasteiger partial charge in [-0.2, -0.15) is 0 Å². The largest absolute Gasteiger partial charge is 0.394 e. The number of amides is 1. The quantitative estimate of drug-likeness (QED) is 0.0199. The van der Waals surface area contributed by atoms with E-state index in [0.29, 0.717) is 6.42 Å². The molecule has 0 aliphatic carbocycles. The second-order valence-electron chi connectivity index (χ2n) is 32.1. The van der Waals surface area contributed by atoms with E-state index in [9.17, 15) is 61.0 Å². The maximum absolute atomic E-state index is 13.5. The number of aliphatic hydroxyl groups is 11. The maximum atomic E-state index is 13.5. The molecule has 19 nitrogen and oxygen atoms in total. The summed E-state index contributed by atoms with van der Waals surface area (Å²) in [6, 6.07) is -0.973. The van der Waals surface area contributed by atoms with Gasteiger partial charge in [0, 0.05) is 6.42 Å². The first kappa shape index (κ1) is 99.2. The highest BCUT2D eigenvalue weighted by Crippen LogP contribution is 2.34. The van der Waals surface area contributed by atoms with Gasteiger partial charge in [0.1, 0.15) is 73.2 Å². The van der Waals surface area contributed by atoms with Gasteiger partial charge in [0.2, 0.25) is 5.91 Å². The molecule has 0 aromatic carbocycles. The Morgan fingerprint density at radius 2 is 0.617 bits per heavy atom. The van der Waals surface area contributed by atoms with Gasteiger partial charge in [-0.1, -0.05) is 365 Å². The molecule has 0 bridgehead atoms. The third-order valence-corrected chi connectivity index (χ3v) is 22.4. The Labute approximate surface area is 651 Å². The first-order chi connectivity index (χ1) is 52.3. The van der Waals surface area contributed by atoms with Crippen molar-refractivity contribution in [2.24, 2.45) is 0 Å². The molecule has 3 rings (SSSR count). The SMILES string of the molecule is CCCCCCC/C=C\C/C=C\CCCCCCCCCCCCCCCCCCCCCCCCCC(=O)NC(COC1OC(CO)C(OC2OC(CO)C(OC3OC(CO)C(O)C(O)C3O)C(O)C2O)C(O)C1O)C(O)/C=C/CCCCCCCCCCCCCCCCCCCCCCCCCCC. The summed E-state index contributed by atoms with van der Waals surface area (Å²) in [6.45, 7) is 1.79. The molecular formula is C88H165NO18. The second-order valence-corrected chi connectivity index (χ2v) is 32.1. The lowest BCUT2D eigenvalue weighted by atomic mass is 9.96. The summed E-state index contributed by atoms with van der Waals surface area (Å²) in [5.41, 5.74) is 0. The molecule has 630 valence electrons. The van der Waals surface area contributed by atoms with Gasteiger partial charge in [-0.25, -0.2) is 0 Å². The summed E-state index contributed by atoms with van der Waals surface area (Å²) in [5, 5.41) is 121. The number of unbranched alkanes of at least 4 members (excludes halogenated alkanes) is 53. The molecular weight excluding hydrogens is 1360 g/mol. The molecule has 1 amide bonds. The van der Waals surface area contributed by atoms with E-state index in [1.807, 2.05) is 6.08 Å². The van der Waals surface area contributed by atoms with E-state index in [0.717, 1.165) is 51.4 Å². The minimum absolute atomic E-state index is 0.248. The average molecular weight is 1530 g/mol. The van der Waals surface area contributed by atoms with Crippen molar-refractivity contribution in [3.05, 3.63) is 36.5 Å². The van der Waals surface area contributed by atoms with Crippen LogP contribution in [0.5, 0.6) is 0 Å².